The van der Waals surface area contributed by atoms with E-state index in [9.17, 15) is 18.0 Å². The Hall–Kier alpha value is -3.27. The molecule has 0 aromatic heterocycles. The van der Waals surface area contributed by atoms with Crippen LogP contribution in [-0.4, -0.2) is 51.4 Å². The van der Waals surface area contributed by atoms with Crippen LogP contribution >= 0.6 is 23.2 Å². The van der Waals surface area contributed by atoms with Crippen LogP contribution in [0.3, 0.4) is 0 Å². The maximum atomic E-state index is 13.9. The smallest absolute Gasteiger partial charge is 0.264 e. The fourth-order valence-corrected chi connectivity index (χ4v) is 5.72. The van der Waals surface area contributed by atoms with Gasteiger partial charge in [0.05, 0.1) is 17.7 Å². The number of para-hydroxylation sites is 2. The highest BCUT2D eigenvalue weighted by molar-refractivity contribution is 7.92. The van der Waals surface area contributed by atoms with E-state index in [4.69, 9.17) is 27.9 Å². The summed E-state index contributed by atoms with van der Waals surface area (Å²) < 4.78 is 34.0. The Balaban J connectivity index is 2.07. The lowest BCUT2D eigenvalue weighted by atomic mass is 10.1. The zero-order valence-corrected chi connectivity index (χ0v) is 23.6. The molecule has 0 saturated carbocycles. The standard InChI is InChI=1S/C27H29Cl2N3O5S/c1-4-30-27(34)19(2)31(17-20-14-15-21(28)16-23(20)29)26(33)18-32(24-12-8-9-13-25(24)37-3)38(35,36)22-10-6-5-7-11-22/h5-16,19H,4,17-18H2,1-3H3,(H,30,34). The quantitative estimate of drug-likeness (QED) is 0.354. The zero-order valence-electron chi connectivity index (χ0n) is 21.2. The van der Waals surface area contributed by atoms with Crippen LogP contribution in [-0.2, 0) is 26.2 Å². The first-order chi connectivity index (χ1) is 18.1. The third-order valence-corrected chi connectivity index (χ3v) is 8.20. The molecule has 202 valence electrons. The summed E-state index contributed by atoms with van der Waals surface area (Å²) in [5.74, 6) is -0.732. The van der Waals surface area contributed by atoms with E-state index in [0.717, 1.165) is 4.31 Å². The highest BCUT2D eigenvalue weighted by Crippen LogP contribution is 2.32. The van der Waals surface area contributed by atoms with Crippen molar-refractivity contribution in [3.05, 3.63) is 88.4 Å². The van der Waals surface area contributed by atoms with Crippen molar-refractivity contribution in [2.75, 3.05) is 24.5 Å². The van der Waals surface area contributed by atoms with Gasteiger partial charge in [-0.15, -0.1) is 0 Å². The largest absolute Gasteiger partial charge is 0.495 e. The summed E-state index contributed by atoms with van der Waals surface area (Å²) in [5, 5.41) is 3.45. The van der Waals surface area contributed by atoms with Crippen molar-refractivity contribution in [1.29, 1.82) is 0 Å². The van der Waals surface area contributed by atoms with E-state index in [0.29, 0.717) is 22.2 Å². The van der Waals surface area contributed by atoms with Gasteiger partial charge in [0, 0.05) is 23.1 Å². The van der Waals surface area contributed by atoms with Crippen molar-refractivity contribution in [3.8, 4) is 5.75 Å². The molecule has 0 fully saturated rings. The Morgan fingerprint density at radius 2 is 1.66 bits per heavy atom. The van der Waals surface area contributed by atoms with Crippen LogP contribution in [0.4, 0.5) is 5.69 Å². The second-order valence-corrected chi connectivity index (χ2v) is 11.0. The van der Waals surface area contributed by atoms with Gasteiger partial charge in [0.1, 0.15) is 18.3 Å². The molecule has 0 spiro atoms. The molecule has 0 aliphatic heterocycles. The minimum atomic E-state index is -4.20. The number of amides is 2. The molecule has 0 saturated heterocycles. The minimum absolute atomic E-state index is 0.00257. The number of methoxy groups -OCH3 is 1. The Morgan fingerprint density at radius 1 is 1.00 bits per heavy atom. The van der Waals surface area contributed by atoms with Gasteiger partial charge in [0.25, 0.3) is 10.0 Å². The molecule has 3 rings (SSSR count). The zero-order chi connectivity index (χ0) is 27.9. The number of hydrogen-bond donors (Lipinski definition) is 1. The van der Waals surface area contributed by atoms with Gasteiger partial charge in [-0.1, -0.05) is 59.6 Å². The number of anilines is 1. The maximum absolute atomic E-state index is 13.9. The minimum Gasteiger partial charge on any atom is -0.495 e. The molecule has 0 aliphatic carbocycles. The van der Waals surface area contributed by atoms with Crippen molar-refractivity contribution in [2.24, 2.45) is 0 Å². The summed E-state index contributed by atoms with van der Waals surface area (Å²) in [6.45, 7) is 3.07. The van der Waals surface area contributed by atoms with Gasteiger partial charge < -0.3 is 15.0 Å². The lowest BCUT2D eigenvalue weighted by Gasteiger charge is -2.32. The first kappa shape index (κ1) is 29.3. The van der Waals surface area contributed by atoms with Crippen LogP contribution in [0.5, 0.6) is 5.75 Å². The molecular formula is C27H29Cl2N3O5S. The predicted octanol–water partition coefficient (Wildman–Crippen LogP) is 4.75. The molecule has 0 bridgehead atoms. The number of carbonyl (C=O) groups excluding carboxylic acids is 2. The Morgan fingerprint density at radius 3 is 2.29 bits per heavy atom. The molecule has 8 nitrogen and oxygen atoms in total. The topological polar surface area (TPSA) is 96.0 Å². The lowest BCUT2D eigenvalue weighted by Crippen LogP contribution is -2.51. The first-order valence-corrected chi connectivity index (χ1v) is 14.0. The fourth-order valence-electron chi connectivity index (χ4n) is 3.81. The molecule has 1 atom stereocenters. The molecule has 0 aliphatic rings. The maximum Gasteiger partial charge on any atom is 0.264 e. The number of nitrogens with zero attached hydrogens (tertiary/aromatic N) is 2. The van der Waals surface area contributed by atoms with Gasteiger partial charge in [-0.05, 0) is 55.8 Å². The number of nitrogens with one attached hydrogen (secondary N) is 1. The number of benzene rings is 3. The first-order valence-electron chi connectivity index (χ1n) is 11.8. The Labute approximate surface area is 233 Å². The van der Waals surface area contributed by atoms with Gasteiger partial charge in [-0.2, -0.15) is 0 Å². The molecule has 2 amide bonds. The van der Waals surface area contributed by atoms with Crippen LogP contribution in [0.15, 0.2) is 77.7 Å². The highest BCUT2D eigenvalue weighted by Gasteiger charge is 2.33. The average Bonchev–Trinajstić information content (AvgIpc) is 2.91. The third kappa shape index (κ3) is 6.78. The van der Waals surface area contributed by atoms with Crippen molar-refractivity contribution < 1.29 is 22.7 Å². The number of likely N-dealkylation sites (N-methyl/N-ethyl adjacent to an activating group) is 1. The van der Waals surface area contributed by atoms with Crippen molar-refractivity contribution in [1.82, 2.24) is 10.2 Å². The number of sulfonamides is 1. The molecule has 1 N–H and O–H groups in total. The van der Waals surface area contributed by atoms with E-state index in [2.05, 4.69) is 5.32 Å². The molecular weight excluding hydrogens is 549 g/mol. The number of halogens is 2. The van der Waals surface area contributed by atoms with Gasteiger partial charge >= 0.3 is 0 Å². The number of rotatable bonds is 11. The van der Waals surface area contributed by atoms with Crippen molar-refractivity contribution >= 4 is 50.7 Å². The molecule has 38 heavy (non-hydrogen) atoms. The highest BCUT2D eigenvalue weighted by atomic mass is 35.5. The summed E-state index contributed by atoms with van der Waals surface area (Å²) in [4.78, 5) is 27.9. The van der Waals surface area contributed by atoms with Crippen molar-refractivity contribution in [3.63, 3.8) is 0 Å². The third-order valence-electron chi connectivity index (χ3n) is 5.84. The SMILES string of the molecule is CCNC(=O)C(C)N(Cc1ccc(Cl)cc1Cl)C(=O)CN(c1ccccc1OC)S(=O)(=O)c1ccccc1. The normalized spacial score (nSPS) is 11.9. The summed E-state index contributed by atoms with van der Waals surface area (Å²) in [5.41, 5.74) is 0.734. The van der Waals surface area contributed by atoms with E-state index >= 15 is 0 Å². The van der Waals surface area contributed by atoms with Crippen LogP contribution in [0.2, 0.25) is 10.0 Å². The van der Waals surface area contributed by atoms with Crippen LogP contribution in [0, 0.1) is 0 Å². The Kier molecular flexibility index (Phi) is 10.0. The molecule has 1 unspecified atom stereocenters. The van der Waals surface area contributed by atoms with E-state index in [1.54, 1.807) is 74.5 Å². The molecule has 3 aromatic rings. The predicted molar refractivity (Wildman–Crippen MR) is 149 cm³/mol. The molecule has 3 aromatic carbocycles. The number of carbonyl (C=O) groups is 2. The summed E-state index contributed by atoms with van der Waals surface area (Å²) in [7, 11) is -2.78. The summed E-state index contributed by atoms with van der Waals surface area (Å²) in [6.07, 6.45) is 0. The second kappa shape index (κ2) is 13.0. The average molecular weight is 579 g/mol. The van der Waals surface area contributed by atoms with Crippen LogP contribution < -0.4 is 14.4 Å². The van der Waals surface area contributed by atoms with Gasteiger partial charge in [-0.25, -0.2) is 8.42 Å². The number of hydrogen-bond acceptors (Lipinski definition) is 5. The van der Waals surface area contributed by atoms with E-state index < -0.39 is 28.5 Å². The molecule has 0 heterocycles. The van der Waals surface area contributed by atoms with Gasteiger partial charge in [0.15, 0.2) is 0 Å². The second-order valence-electron chi connectivity index (χ2n) is 8.32. The Bertz CT molecular complexity index is 1390. The van der Waals surface area contributed by atoms with E-state index in [1.807, 2.05) is 0 Å². The van der Waals surface area contributed by atoms with Gasteiger partial charge in [-0.3, -0.25) is 13.9 Å². The molecule has 11 heteroatoms. The van der Waals surface area contributed by atoms with Crippen LogP contribution in [0.25, 0.3) is 0 Å². The number of ether oxygens (including phenoxy) is 1. The fraction of sp³-hybridized carbons (Fsp3) is 0.259. The van der Waals surface area contributed by atoms with Crippen LogP contribution in [0.1, 0.15) is 19.4 Å². The van der Waals surface area contributed by atoms with E-state index in [-0.39, 0.29) is 28.8 Å². The summed E-state index contributed by atoms with van der Waals surface area (Å²) in [6, 6.07) is 18.2. The van der Waals surface area contributed by atoms with E-state index in [1.165, 1.54) is 24.1 Å². The molecule has 0 radical (unpaired) electrons. The monoisotopic (exact) mass is 577 g/mol. The lowest BCUT2D eigenvalue weighted by molar-refractivity contribution is -0.139. The summed E-state index contributed by atoms with van der Waals surface area (Å²) >= 11 is 12.4. The van der Waals surface area contributed by atoms with Crippen molar-refractivity contribution in [2.45, 2.75) is 31.3 Å². The van der Waals surface area contributed by atoms with Gasteiger partial charge in [0.2, 0.25) is 11.8 Å².